The zero-order valence-corrected chi connectivity index (χ0v) is 25.8. The summed E-state index contributed by atoms with van der Waals surface area (Å²) < 4.78 is 22.8. The van der Waals surface area contributed by atoms with Crippen LogP contribution in [0, 0.1) is 0 Å². The van der Waals surface area contributed by atoms with E-state index >= 15 is 0 Å². The number of carbonyl (C=O) groups is 2. The van der Waals surface area contributed by atoms with Gasteiger partial charge in [-0.3, -0.25) is 9.59 Å². The Kier molecular flexibility index (Phi) is 13.2. The number of hydrogen-bond donors (Lipinski definition) is 0. The molecule has 0 aliphatic carbocycles. The quantitative estimate of drug-likeness (QED) is 0.0801. The first kappa shape index (κ1) is 32.6. The Morgan fingerprint density at radius 1 is 0.432 bits per heavy atom. The maximum Gasteiger partial charge on any atom is 0.162 e. The van der Waals surface area contributed by atoms with Gasteiger partial charge in [0, 0.05) is 24.0 Å². The second-order valence-electron chi connectivity index (χ2n) is 10.5. The Balaban J connectivity index is 1.04. The third-order valence-electron chi connectivity index (χ3n) is 7.11. The number of ether oxygens (including phenoxy) is 4. The molecule has 0 atom stereocenters. The molecule has 0 aliphatic heterocycles. The number of carbonyl (C=O) groups excluding carboxylic acids is 2. The Hall–Kier alpha value is -4.26. The topological polar surface area (TPSA) is 71.1 Å². The molecular weight excluding hydrogens is 552 g/mol. The summed E-state index contributed by atoms with van der Waals surface area (Å²) in [5.74, 6) is 1.94. The summed E-state index contributed by atoms with van der Waals surface area (Å²) in [5.41, 5.74) is 5.80. The lowest BCUT2D eigenvalue weighted by Crippen LogP contribution is -2.13. The fourth-order valence-corrected chi connectivity index (χ4v) is 4.69. The van der Waals surface area contributed by atoms with Gasteiger partial charge in [-0.2, -0.15) is 0 Å². The summed E-state index contributed by atoms with van der Waals surface area (Å²) in [4.78, 5) is 24.1. The lowest BCUT2D eigenvalue weighted by Gasteiger charge is -2.10. The van der Waals surface area contributed by atoms with Crippen LogP contribution in [0.25, 0.3) is 22.3 Å². The molecule has 4 rings (SSSR count). The van der Waals surface area contributed by atoms with Gasteiger partial charge in [-0.15, -0.1) is 0 Å². The van der Waals surface area contributed by atoms with Crippen LogP contribution in [-0.4, -0.2) is 51.2 Å². The molecule has 6 nitrogen and oxygen atoms in total. The van der Waals surface area contributed by atoms with E-state index < -0.39 is 0 Å². The maximum absolute atomic E-state index is 12.0. The molecule has 0 saturated heterocycles. The van der Waals surface area contributed by atoms with Crippen molar-refractivity contribution in [3.05, 3.63) is 108 Å². The summed E-state index contributed by atoms with van der Waals surface area (Å²) in [5, 5.41) is 0. The van der Waals surface area contributed by atoms with Gasteiger partial charge in [-0.1, -0.05) is 86.6 Å². The molecule has 0 saturated carbocycles. The first-order valence-corrected chi connectivity index (χ1v) is 15.5. The molecule has 0 fully saturated rings. The van der Waals surface area contributed by atoms with E-state index in [0.29, 0.717) is 52.5 Å². The minimum Gasteiger partial charge on any atom is -0.491 e. The van der Waals surface area contributed by atoms with E-state index in [-0.39, 0.29) is 11.6 Å². The Morgan fingerprint density at radius 3 is 1.05 bits per heavy atom. The van der Waals surface area contributed by atoms with Crippen molar-refractivity contribution in [2.75, 3.05) is 39.6 Å². The zero-order chi connectivity index (χ0) is 31.0. The van der Waals surface area contributed by atoms with Gasteiger partial charge in [0.25, 0.3) is 0 Å². The minimum absolute atomic E-state index is 0.185. The highest BCUT2D eigenvalue weighted by atomic mass is 16.6. The highest BCUT2D eigenvalue weighted by molar-refractivity contribution is 5.97. The van der Waals surface area contributed by atoms with Crippen molar-refractivity contribution in [2.24, 2.45) is 0 Å². The number of ketones is 2. The second kappa shape index (κ2) is 17.8. The van der Waals surface area contributed by atoms with Gasteiger partial charge in [0.1, 0.15) is 24.7 Å². The molecule has 0 bridgehead atoms. The molecule has 4 aromatic carbocycles. The van der Waals surface area contributed by atoms with Crippen LogP contribution in [-0.2, 0) is 9.47 Å². The molecule has 0 radical (unpaired) electrons. The van der Waals surface area contributed by atoms with E-state index in [1.165, 1.54) is 0 Å². The number of Topliss-reactive ketones (excluding diaryl/α,β-unsaturated/α-hetero) is 2. The molecule has 0 aliphatic rings. The van der Waals surface area contributed by atoms with Gasteiger partial charge >= 0.3 is 0 Å². The van der Waals surface area contributed by atoms with Crippen LogP contribution in [0.4, 0.5) is 0 Å². The van der Waals surface area contributed by atoms with Crippen molar-refractivity contribution in [3.8, 4) is 33.8 Å². The average Bonchev–Trinajstić information content (AvgIpc) is 3.06. The molecule has 4 aromatic rings. The molecule has 0 heterocycles. The standard InChI is InChI=1S/C38H42O6/c1-3-5-37(39)33-11-7-29(8-12-33)31-15-19-35(20-16-31)43-27-25-41-23-24-42-26-28-44-36-21-17-32(18-22-36)30-9-13-34(14-10-30)38(40)6-4-2/h7-22H,3-6,23-28H2,1-2H3. The summed E-state index contributed by atoms with van der Waals surface area (Å²) in [6, 6.07) is 31.3. The van der Waals surface area contributed by atoms with Gasteiger partial charge in [0.15, 0.2) is 11.6 Å². The molecule has 0 spiro atoms. The SMILES string of the molecule is CCCC(=O)c1ccc(-c2ccc(OCCOCCOCCOc3ccc(-c4ccc(C(=O)CCC)cc4)cc3)cc2)cc1. The molecule has 0 aromatic heterocycles. The second-order valence-corrected chi connectivity index (χ2v) is 10.5. The van der Waals surface area contributed by atoms with E-state index in [2.05, 4.69) is 0 Å². The smallest absolute Gasteiger partial charge is 0.162 e. The zero-order valence-electron chi connectivity index (χ0n) is 25.8. The van der Waals surface area contributed by atoms with Crippen molar-refractivity contribution >= 4 is 11.6 Å². The van der Waals surface area contributed by atoms with E-state index in [4.69, 9.17) is 18.9 Å². The van der Waals surface area contributed by atoms with E-state index in [9.17, 15) is 9.59 Å². The predicted octanol–water partition coefficient (Wildman–Crippen LogP) is 8.48. The number of hydrogen-bond acceptors (Lipinski definition) is 6. The number of rotatable bonds is 19. The van der Waals surface area contributed by atoms with Gasteiger partial charge < -0.3 is 18.9 Å². The third kappa shape index (κ3) is 10.2. The fourth-order valence-electron chi connectivity index (χ4n) is 4.69. The Labute approximate surface area is 260 Å². The molecule has 0 N–H and O–H groups in total. The van der Waals surface area contributed by atoms with Crippen LogP contribution in [0.5, 0.6) is 11.5 Å². The minimum atomic E-state index is 0.185. The summed E-state index contributed by atoms with van der Waals surface area (Å²) in [7, 11) is 0. The van der Waals surface area contributed by atoms with Crippen molar-refractivity contribution in [2.45, 2.75) is 39.5 Å². The van der Waals surface area contributed by atoms with Crippen molar-refractivity contribution < 1.29 is 28.5 Å². The molecule has 6 heteroatoms. The van der Waals surface area contributed by atoms with Crippen molar-refractivity contribution in [3.63, 3.8) is 0 Å². The summed E-state index contributed by atoms with van der Waals surface area (Å²) in [6.07, 6.45) is 2.87. The van der Waals surface area contributed by atoms with Crippen LogP contribution < -0.4 is 9.47 Å². The van der Waals surface area contributed by atoms with E-state index in [1.54, 1.807) is 0 Å². The first-order chi connectivity index (χ1) is 21.6. The van der Waals surface area contributed by atoms with Crippen molar-refractivity contribution in [1.82, 2.24) is 0 Å². The number of benzene rings is 4. The molecular formula is C38H42O6. The highest BCUT2D eigenvalue weighted by Gasteiger charge is 2.07. The normalized spacial score (nSPS) is 10.9. The van der Waals surface area contributed by atoms with Crippen LogP contribution >= 0.6 is 0 Å². The van der Waals surface area contributed by atoms with Gasteiger partial charge in [0.05, 0.1) is 26.4 Å². The molecule has 0 unspecified atom stereocenters. The lowest BCUT2D eigenvalue weighted by atomic mass is 10.0. The van der Waals surface area contributed by atoms with Gasteiger partial charge in [0.2, 0.25) is 0 Å². The summed E-state index contributed by atoms with van der Waals surface area (Å²) in [6.45, 7) is 6.84. The summed E-state index contributed by atoms with van der Waals surface area (Å²) >= 11 is 0. The van der Waals surface area contributed by atoms with Crippen LogP contribution in [0.2, 0.25) is 0 Å². The average molecular weight is 595 g/mol. The third-order valence-corrected chi connectivity index (χ3v) is 7.11. The molecule has 230 valence electrons. The van der Waals surface area contributed by atoms with Crippen LogP contribution in [0.1, 0.15) is 60.2 Å². The maximum atomic E-state index is 12.0. The lowest BCUT2D eigenvalue weighted by molar-refractivity contribution is 0.0273. The van der Waals surface area contributed by atoms with Gasteiger partial charge in [-0.05, 0) is 59.4 Å². The fraction of sp³-hybridized carbons (Fsp3) is 0.316. The Morgan fingerprint density at radius 2 is 0.727 bits per heavy atom. The molecule has 0 amide bonds. The monoisotopic (exact) mass is 594 g/mol. The predicted molar refractivity (Wildman–Crippen MR) is 175 cm³/mol. The van der Waals surface area contributed by atoms with E-state index in [0.717, 1.165) is 57.7 Å². The largest absolute Gasteiger partial charge is 0.491 e. The van der Waals surface area contributed by atoms with Gasteiger partial charge in [-0.25, -0.2) is 0 Å². The first-order valence-electron chi connectivity index (χ1n) is 15.5. The Bertz CT molecular complexity index is 1310. The molecule has 44 heavy (non-hydrogen) atoms. The van der Waals surface area contributed by atoms with Crippen LogP contribution in [0.15, 0.2) is 97.1 Å². The highest BCUT2D eigenvalue weighted by Crippen LogP contribution is 2.24. The van der Waals surface area contributed by atoms with E-state index in [1.807, 2.05) is 111 Å². The van der Waals surface area contributed by atoms with Crippen LogP contribution in [0.3, 0.4) is 0 Å². The van der Waals surface area contributed by atoms with Crippen molar-refractivity contribution in [1.29, 1.82) is 0 Å².